The van der Waals surface area contributed by atoms with Crippen molar-refractivity contribution in [2.45, 2.75) is 31.7 Å². The Kier molecular flexibility index (Phi) is 3.42. The molecule has 3 aromatic rings. The van der Waals surface area contributed by atoms with E-state index in [-0.39, 0.29) is 6.61 Å². The molecule has 1 aliphatic rings. The zero-order valence-corrected chi connectivity index (χ0v) is 12.4. The molecule has 114 valence electrons. The standard InChI is InChI=1S/C17H19N3O2/c21-10-8-12-5-3-4-9-20(12)17-16-15(18-11-19-17)13-6-1-2-7-14(13)22-16/h1-2,6-7,11-12,21H,3-5,8-10H2/t12-/m1/s1. The smallest absolute Gasteiger partial charge is 0.196 e. The number of furan rings is 1. The molecule has 0 aliphatic carbocycles. The molecule has 0 radical (unpaired) electrons. The summed E-state index contributed by atoms with van der Waals surface area (Å²) in [6.07, 6.45) is 5.82. The van der Waals surface area contributed by atoms with Crippen molar-refractivity contribution >= 4 is 27.9 Å². The van der Waals surface area contributed by atoms with E-state index in [9.17, 15) is 5.11 Å². The highest BCUT2D eigenvalue weighted by molar-refractivity contribution is 6.05. The van der Waals surface area contributed by atoms with Crippen molar-refractivity contribution in [1.29, 1.82) is 0 Å². The number of aliphatic hydroxyl groups is 1. The monoisotopic (exact) mass is 297 g/mol. The molecule has 22 heavy (non-hydrogen) atoms. The molecule has 0 saturated carbocycles. The molecule has 0 spiro atoms. The van der Waals surface area contributed by atoms with Gasteiger partial charge >= 0.3 is 0 Å². The van der Waals surface area contributed by atoms with Crippen LogP contribution in [-0.4, -0.2) is 34.3 Å². The number of aromatic nitrogens is 2. The summed E-state index contributed by atoms with van der Waals surface area (Å²) < 4.78 is 6.03. The molecule has 0 unspecified atom stereocenters. The fourth-order valence-corrected chi connectivity index (χ4v) is 3.44. The summed E-state index contributed by atoms with van der Waals surface area (Å²) in [6, 6.07) is 8.27. The number of para-hydroxylation sites is 1. The molecule has 1 aromatic carbocycles. The summed E-state index contributed by atoms with van der Waals surface area (Å²) in [5.41, 5.74) is 2.47. The van der Waals surface area contributed by atoms with E-state index in [4.69, 9.17) is 4.42 Å². The summed E-state index contributed by atoms with van der Waals surface area (Å²) in [7, 11) is 0. The minimum atomic E-state index is 0.204. The number of piperidine rings is 1. The van der Waals surface area contributed by atoms with Gasteiger partial charge in [-0.05, 0) is 37.8 Å². The zero-order chi connectivity index (χ0) is 14.9. The van der Waals surface area contributed by atoms with Crippen molar-refractivity contribution in [2.75, 3.05) is 18.1 Å². The Balaban J connectivity index is 1.86. The number of nitrogens with zero attached hydrogens (tertiary/aromatic N) is 3. The Labute approximate surface area is 128 Å². The van der Waals surface area contributed by atoms with Gasteiger partial charge in [-0.3, -0.25) is 0 Å². The van der Waals surface area contributed by atoms with Crippen molar-refractivity contribution in [3.63, 3.8) is 0 Å². The molecule has 1 atom stereocenters. The second-order valence-electron chi connectivity index (χ2n) is 5.83. The SMILES string of the molecule is OCC[C@H]1CCCCN1c1ncnc2c1oc1ccccc12. The predicted octanol–water partition coefficient (Wildman–Crippen LogP) is 3.12. The molecular weight excluding hydrogens is 278 g/mol. The Morgan fingerprint density at radius 3 is 3.05 bits per heavy atom. The molecule has 1 aliphatic heterocycles. The average Bonchev–Trinajstić information content (AvgIpc) is 2.94. The topological polar surface area (TPSA) is 62.4 Å². The predicted molar refractivity (Wildman–Crippen MR) is 86.0 cm³/mol. The van der Waals surface area contributed by atoms with E-state index in [2.05, 4.69) is 14.9 Å². The minimum absolute atomic E-state index is 0.204. The highest BCUT2D eigenvalue weighted by Crippen LogP contribution is 2.35. The molecule has 5 nitrogen and oxygen atoms in total. The van der Waals surface area contributed by atoms with Crippen LogP contribution < -0.4 is 4.90 Å². The number of hydrogen-bond acceptors (Lipinski definition) is 5. The first-order valence-corrected chi connectivity index (χ1v) is 7.88. The lowest BCUT2D eigenvalue weighted by Gasteiger charge is -2.36. The number of hydrogen-bond donors (Lipinski definition) is 1. The molecular formula is C17H19N3O2. The van der Waals surface area contributed by atoms with E-state index >= 15 is 0 Å². The van der Waals surface area contributed by atoms with Gasteiger partial charge in [0, 0.05) is 24.6 Å². The fourth-order valence-electron chi connectivity index (χ4n) is 3.44. The van der Waals surface area contributed by atoms with Crippen LogP contribution in [0.25, 0.3) is 22.1 Å². The van der Waals surface area contributed by atoms with Crippen LogP contribution in [0.4, 0.5) is 5.82 Å². The molecule has 1 N–H and O–H groups in total. The lowest BCUT2D eigenvalue weighted by Crippen LogP contribution is -2.40. The lowest BCUT2D eigenvalue weighted by molar-refractivity contribution is 0.262. The lowest BCUT2D eigenvalue weighted by atomic mass is 9.99. The van der Waals surface area contributed by atoms with Crippen LogP contribution in [0.1, 0.15) is 25.7 Å². The van der Waals surface area contributed by atoms with Gasteiger partial charge in [0.1, 0.15) is 17.4 Å². The van der Waals surface area contributed by atoms with Gasteiger partial charge < -0.3 is 14.4 Å². The summed E-state index contributed by atoms with van der Waals surface area (Å²) in [4.78, 5) is 11.2. The maximum atomic E-state index is 9.33. The minimum Gasteiger partial charge on any atom is -0.450 e. The van der Waals surface area contributed by atoms with Crippen LogP contribution in [0.5, 0.6) is 0 Å². The van der Waals surface area contributed by atoms with Crippen molar-refractivity contribution in [1.82, 2.24) is 9.97 Å². The average molecular weight is 297 g/mol. The highest BCUT2D eigenvalue weighted by atomic mass is 16.3. The van der Waals surface area contributed by atoms with E-state index in [1.165, 1.54) is 6.42 Å². The molecule has 4 rings (SSSR count). The zero-order valence-electron chi connectivity index (χ0n) is 12.4. The number of anilines is 1. The second-order valence-corrected chi connectivity index (χ2v) is 5.83. The molecule has 1 fully saturated rings. The van der Waals surface area contributed by atoms with Crippen LogP contribution in [0.3, 0.4) is 0 Å². The van der Waals surface area contributed by atoms with Crippen molar-refractivity contribution in [2.24, 2.45) is 0 Å². The summed E-state index contributed by atoms with van der Waals surface area (Å²) >= 11 is 0. The largest absolute Gasteiger partial charge is 0.450 e. The van der Waals surface area contributed by atoms with Crippen LogP contribution in [0.2, 0.25) is 0 Å². The molecule has 5 heteroatoms. The van der Waals surface area contributed by atoms with E-state index in [1.807, 2.05) is 24.3 Å². The second kappa shape index (κ2) is 5.57. The molecule has 2 aromatic heterocycles. The van der Waals surface area contributed by atoms with Gasteiger partial charge in [0.2, 0.25) is 0 Å². The Bertz CT molecular complexity index is 797. The van der Waals surface area contributed by atoms with E-state index < -0.39 is 0 Å². The van der Waals surface area contributed by atoms with Gasteiger partial charge in [-0.1, -0.05) is 12.1 Å². The maximum absolute atomic E-state index is 9.33. The first-order valence-electron chi connectivity index (χ1n) is 7.88. The first kappa shape index (κ1) is 13.5. The highest BCUT2D eigenvalue weighted by Gasteiger charge is 2.26. The summed E-state index contributed by atoms with van der Waals surface area (Å²) in [5, 5.41) is 10.4. The quantitative estimate of drug-likeness (QED) is 0.804. The van der Waals surface area contributed by atoms with Gasteiger partial charge in [-0.2, -0.15) is 0 Å². The van der Waals surface area contributed by atoms with Gasteiger partial charge in [0.25, 0.3) is 0 Å². The van der Waals surface area contributed by atoms with Crippen LogP contribution >= 0.6 is 0 Å². The third kappa shape index (κ3) is 2.13. The summed E-state index contributed by atoms with van der Waals surface area (Å²) in [6.45, 7) is 1.16. The Morgan fingerprint density at radius 2 is 2.14 bits per heavy atom. The van der Waals surface area contributed by atoms with Gasteiger partial charge in [-0.25, -0.2) is 9.97 Å². The molecule has 0 bridgehead atoms. The van der Waals surface area contributed by atoms with Crippen LogP contribution in [-0.2, 0) is 0 Å². The van der Waals surface area contributed by atoms with Gasteiger partial charge in [0.15, 0.2) is 11.4 Å². The number of rotatable bonds is 3. The third-order valence-electron chi connectivity index (χ3n) is 4.50. The van der Waals surface area contributed by atoms with E-state index in [0.29, 0.717) is 6.04 Å². The number of benzene rings is 1. The molecule has 3 heterocycles. The van der Waals surface area contributed by atoms with Crippen LogP contribution in [0, 0.1) is 0 Å². The number of aliphatic hydroxyl groups excluding tert-OH is 1. The Morgan fingerprint density at radius 1 is 1.23 bits per heavy atom. The van der Waals surface area contributed by atoms with E-state index in [0.717, 1.165) is 53.7 Å². The third-order valence-corrected chi connectivity index (χ3v) is 4.50. The van der Waals surface area contributed by atoms with Gasteiger partial charge in [0.05, 0.1) is 0 Å². The fraction of sp³-hybridized carbons (Fsp3) is 0.412. The van der Waals surface area contributed by atoms with Crippen molar-refractivity contribution in [3.8, 4) is 0 Å². The van der Waals surface area contributed by atoms with Crippen molar-refractivity contribution in [3.05, 3.63) is 30.6 Å². The van der Waals surface area contributed by atoms with Crippen LogP contribution in [0.15, 0.2) is 35.0 Å². The van der Waals surface area contributed by atoms with Crippen molar-refractivity contribution < 1.29 is 9.52 Å². The normalized spacial score (nSPS) is 19.1. The molecule has 1 saturated heterocycles. The summed E-state index contributed by atoms with van der Waals surface area (Å²) in [5.74, 6) is 0.861. The first-order chi connectivity index (χ1) is 10.9. The Hall–Kier alpha value is -2.14. The molecule has 0 amide bonds. The van der Waals surface area contributed by atoms with E-state index in [1.54, 1.807) is 6.33 Å². The number of fused-ring (bicyclic) bond motifs is 3. The van der Waals surface area contributed by atoms with Gasteiger partial charge in [-0.15, -0.1) is 0 Å². The maximum Gasteiger partial charge on any atom is 0.196 e.